The van der Waals surface area contributed by atoms with Crippen LogP contribution in [0.15, 0.2) is 59.1 Å². The molecule has 1 atom stereocenters. The molecular weight excluding hydrogens is 399 g/mol. The predicted octanol–water partition coefficient (Wildman–Crippen LogP) is 3.57. The van der Waals surface area contributed by atoms with Gasteiger partial charge in [0.2, 0.25) is 5.89 Å². The van der Waals surface area contributed by atoms with Crippen LogP contribution in [0.25, 0.3) is 0 Å². The molecule has 3 aromatic rings. The van der Waals surface area contributed by atoms with E-state index in [1.165, 1.54) is 17.7 Å². The summed E-state index contributed by atoms with van der Waals surface area (Å²) in [5.74, 6) is 1.44. The van der Waals surface area contributed by atoms with Crippen molar-refractivity contribution in [3.8, 4) is 5.75 Å². The van der Waals surface area contributed by atoms with Crippen LogP contribution in [-0.4, -0.2) is 47.3 Å². The summed E-state index contributed by atoms with van der Waals surface area (Å²) in [4.78, 5) is 18.7. The first-order chi connectivity index (χ1) is 15.2. The van der Waals surface area contributed by atoms with Gasteiger partial charge in [0.25, 0.3) is 0 Å². The average Bonchev–Trinajstić information content (AvgIpc) is 3.46. The number of nitrogens with one attached hydrogen (secondary N) is 1. The molecule has 1 unspecified atom stereocenters. The van der Waals surface area contributed by atoms with Crippen LogP contribution in [0, 0.1) is 5.82 Å². The summed E-state index contributed by atoms with van der Waals surface area (Å²) in [5, 5.41) is 6.99. The third-order valence-corrected chi connectivity index (χ3v) is 5.25. The highest BCUT2D eigenvalue weighted by molar-refractivity contribution is 5.74. The fourth-order valence-corrected chi connectivity index (χ4v) is 3.54. The van der Waals surface area contributed by atoms with Gasteiger partial charge in [0, 0.05) is 26.1 Å². The lowest BCUT2D eigenvalue weighted by atomic mass is 10.1. The molecule has 0 spiro atoms. The monoisotopic (exact) mass is 424 g/mol. The minimum Gasteiger partial charge on any atom is -0.493 e. The fraction of sp³-hybridized carbons (Fsp3) is 0.348. The van der Waals surface area contributed by atoms with Gasteiger partial charge in [-0.15, -0.1) is 0 Å². The van der Waals surface area contributed by atoms with Crippen molar-refractivity contribution in [2.45, 2.75) is 25.2 Å². The molecule has 0 saturated carbocycles. The number of benzene rings is 2. The normalized spacial score (nSPS) is 15.8. The minimum atomic E-state index is -0.300. The van der Waals surface area contributed by atoms with Crippen LogP contribution in [-0.2, 0) is 12.8 Å². The first-order valence-corrected chi connectivity index (χ1v) is 10.4. The zero-order valence-corrected chi connectivity index (χ0v) is 17.2. The minimum absolute atomic E-state index is 0.0409. The molecule has 7 nitrogen and oxygen atoms in total. The second-order valence-electron chi connectivity index (χ2n) is 7.50. The maximum atomic E-state index is 12.9. The number of hydrogen-bond donors (Lipinski definition) is 1. The summed E-state index contributed by atoms with van der Waals surface area (Å²) >= 11 is 0. The van der Waals surface area contributed by atoms with E-state index in [1.54, 1.807) is 17.0 Å². The van der Waals surface area contributed by atoms with Gasteiger partial charge in [0.1, 0.15) is 11.6 Å². The van der Waals surface area contributed by atoms with E-state index in [2.05, 4.69) is 27.6 Å². The maximum Gasteiger partial charge on any atom is 0.317 e. The van der Waals surface area contributed by atoms with Crippen molar-refractivity contribution in [1.29, 1.82) is 0 Å². The molecule has 1 saturated heterocycles. The zero-order valence-electron chi connectivity index (χ0n) is 17.2. The molecule has 0 radical (unpaired) electrons. The van der Waals surface area contributed by atoms with E-state index < -0.39 is 0 Å². The van der Waals surface area contributed by atoms with Crippen LogP contribution in [0.4, 0.5) is 9.18 Å². The quantitative estimate of drug-likeness (QED) is 0.598. The van der Waals surface area contributed by atoms with Gasteiger partial charge in [-0.1, -0.05) is 35.5 Å². The van der Waals surface area contributed by atoms with Crippen LogP contribution in [0.1, 0.15) is 29.6 Å². The largest absolute Gasteiger partial charge is 0.493 e. The van der Waals surface area contributed by atoms with Crippen molar-refractivity contribution < 1.29 is 18.4 Å². The summed E-state index contributed by atoms with van der Waals surface area (Å²) in [5.41, 5.74) is 1.20. The standard InChI is InChI=1S/C23H25FN4O3/c24-19-6-8-20(9-7-19)30-15-12-21-26-22(31-27-21)18-11-14-28(16-18)23(29)25-13-10-17-4-2-1-3-5-17/h1-9,18H,10-16H2,(H,25,29). The summed E-state index contributed by atoms with van der Waals surface area (Å²) in [6, 6.07) is 15.9. The Bertz CT molecular complexity index is 978. The molecule has 0 bridgehead atoms. The SMILES string of the molecule is O=C(NCCc1ccccc1)N1CCC(c2nc(CCOc3ccc(F)cc3)no2)C1. The molecule has 1 aliphatic heterocycles. The van der Waals surface area contributed by atoms with E-state index in [9.17, 15) is 9.18 Å². The number of hydrogen-bond acceptors (Lipinski definition) is 5. The topological polar surface area (TPSA) is 80.5 Å². The zero-order chi connectivity index (χ0) is 21.5. The second-order valence-corrected chi connectivity index (χ2v) is 7.50. The number of urea groups is 1. The summed E-state index contributed by atoms with van der Waals surface area (Å²) in [7, 11) is 0. The molecule has 1 aliphatic rings. The third-order valence-electron chi connectivity index (χ3n) is 5.25. The number of likely N-dealkylation sites (tertiary alicyclic amines) is 1. The van der Waals surface area contributed by atoms with Crippen molar-refractivity contribution in [3.63, 3.8) is 0 Å². The number of nitrogens with zero attached hydrogens (tertiary/aromatic N) is 3. The summed E-state index contributed by atoms with van der Waals surface area (Å²) < 4.78 is 23.9. The number of halogens is 1. The molecule has 0 aliphatic carbocycles. The van der Waals surface area contributed by atoms with E-state index >= 15 is 0 Å². The van der Waals surface area contributed by atoms with Crippen molar-refractivity contribution in [2.24, 2.45) is 0 Å². The van der Waals surface area contributed by atoms with Crippen molar-refractivity contribution in [3.05, 3.63) is 77.7 Å². The van der Waals surface area contributed by atoms with Crippen LogP contribution < -0.4 is 10.1 Å². The third kappa shape index (κ3) is 5.81. The number of aromatic nitrogens is 2. The Balaban J connectivity index is 1.19. The van der Waals surface area contributed by atoms with E-state index in [-0.39, 0.29) is 17.8 Å². The molecule has 2 amide bonds. The lowest BCUT2D eigenvalue weighted by Crippen LogP contribution is -2.39. The smallest absolute Gasteiger partial charge is 0.317 e. The number of carbonyl (C=O) groups is 1. The number of rotatable bonds is 8. The molecule has 31 heavy (non-hydrogen) atoms. The highest BCUT2D eigenvalue weighted by Gasteiger charge is 2.31. The average molecular weight is 424 g/mol. The number of carbonyl (C=O) groups excluding carboxylic acids is 1. The molecular formula is C23H25FN4O3. The lowest BCUT2D eigenvalue weighted by molar-refractivity contribution is 0.207. The van der Waals surface area contributed by atoms with Crippen molar-refractivity contribution in [2.75, 3.05) is 26.2 Å². The molecule has 2 aromatic carbocycles. The number of amides is 2. The van der Waals surface area contributed by atoms with Crippen LogP contribution in [0.2, 0.25) is 0 Å². The molecule has 1 fully saturated rings. The summed E-state index contributed by atoms with van der Waals surface area (Å²) in [6.45, 7) is 2.19. The van der Waals surface area contributed by atoms with Gasteiger partial charge >= 0.3 is 6.03 Å². The maximum absolute atomic E-state index is 12.9. The Kier molecular flexibility index (Phi) is 6.76. The highest BCUT2D eigenvalue weighted by Crippen LogP contribution is 2.26. The predicted molar refractivity (Wildman–Crippen MR) is 112 cm³/mol. The van der Waals surface area contributed by atoms with Gasteiger partial charge in [-0.2, -0.15) is 4.98 Å². The molecule has 1 aromatic heterocycles. The number of ether oxygens (including phenoxy) is 1. The van der Waals surface area contributed by atoms with Gasteiger partial charge in [-0.05, 0) is 42.7 Å². The van der Waals surface area contributed by atoms with Gasteiger partial charge in [-0.25, -0.2) is 9.18 Å². The van der Waals surface area contributed by atoms with Crippen molar-refractivity contribution >= 4 is 6.03 Å². The van der Waals surface area contributed by atoms with Gasteiger partial charge in [0.15, 0.2) is 5.82 Å². The van der Waals surface area contributed by atoms with Gasteiger partial charge in [-0.3, -0.25) is 0 Å². The fourth-order valence-electron chi connectivity index (χ4n) is 3.54. The molecule has 2 heterocycles. The van der Waals surface area contributed by atoms with Crippen LogP contribution in [0.3, 0.4) is 0 Å². The molecule has 162 valence electrons. The highest BCUT2D eigenvalue weighted by atomic mass is 19.1. The Morgan fingerprint density at radius 2 is 1.97 bits per heavy atom. The second kappa shape index (κ2) is 10.1. The van der Waals surface area contributed by atoms with Gasteiger partial charge < -0.3 is 19.5 Å². The van der Waals surface area contributed by atoms with Crippen LogP contribution in [0.5, 0.6) is 5.75 Å². The van der Waals surface area contributed by atoms with E-state index in [1.807, 2.05) is 18.2 Å². The van der Waals surface area contributed by atoms with E-state index in [4.69, 9.17) is 9.26 Å². The molecule has 1 N–H and O–H groups in total. The van der Waals surface area contributed by atoms with Gasteiger partial charge in [0.05, 0.1) is 12.5 Å². The first kappa shape index (κ1) is 20.8. The molecule has 4 rings (SSSR count). The van der Waals surface area contributed by atoms with Crippen molar-refractivity contribution in [1.82, 2.24) is 20.4 Å². The Labute approximate surface area is 180 Å². The first-order valence-electron chi connectivity index (χ1n) is 10.4. The molecule has 8 heteroatoms. The lowest BCUT2D eigenvalue weighted by Gasteiger charge is -2.16. The Morgan fingerprint density at radius 1 is 1.16 bits per heavy atom. The van der Waals surface area contributed by atoms with E-state index in [0.29, 0.717) is 50.1 Å². The summed E-state index contributed by atoms with van der Waals surface area (Å²) in [6.07, 6.45) is 2.08. The van der Waals surface area contributed by atoms with E-state index in [0.717, 1.165) is 12.8 Å². The Morgan fingerprint density at radius 3 is 2.77 bits per heavy atom. The van der Waals surface area contributed by atoms with Crippen LogP contribution >= 0.6 is 0 Å². The Hall–Kier alpha value is -3.42.